The Balaban J connectivity index is 2.73. The molecule has 3 nitrogen and oxygen atoms in total. The Hall–Kier alpha value is -1.35. The average molecular weight is 248 g/mol. The van der Waals surface area contributed by atoms with E-state index in [2.05, 4.69) is 13.8 Å². The number of benzene rings is 1. The Bertz CT molecular complexity index is 362. The summed E-state index contributed by atoms with van der Waals surface area (Å²) in [7, 11) is 0. The van der Waals surface area contributed by atoms with E-state index in [1.807, 2.05) is 42.2 Å². The van der Waals surface area contributed by atoms with Gasteiger partial charge in [0.1, 0.15) is 0 Å². The third kappa shape index (κ3) is 4.15. The third-order valence-corrected chi connectivity index (χ3v) is 3.32. The second-order valence-corrected chi connectivity index (χ2v) is 5.07. The van der Waals surface area contributed by atoms with Gasteiger partial charge >= 0.3 is 0 Å². The lowest BCUT2D eigenvalue weighted by atomic mass is 9.96. The van der Waals surface area contributed by atoms with E-state index in [0.717, 1.165) is 5.56 Å². The maximum absolute atomic E-state index is 12.3. The van der Waals surface area contributed by atoms with Gasteiger partial charge in [0.25, 0.3) is 0 Å². The van der Waals surface area contributed by atoms with Crippen molar-refractivity contribution in [2.45, 2.75) is 27.3 Å². The first-order valence-corrected chi connectivity index (χ1v) is 6.59. The number of carbonyl (C=O) groups is 1. The van der Waals surface area contributed by atoms with Gasteiger partial charge in [-0.05, 0) is 11.5 Å². The lowest BCUT2D eigenvalue weighted by Crippen LogP contribution is -2.39. The molecule has 1 aromatic rings. The predicted molar refractivity (Wildman–Crippen MR) is 74.9 cm³/mol. The molecule has 0 heterocycles. The summed E-state index contributed by atoms with van der Waals surface area (Å²) in [5.41, 5.74) is 6.75. The van der Waals surface area contributed by atoms with Crippen molar-refractivity contribution >= 4 is 5.91 Å². The molecule has 100 valence electrons. The van der Waals surface area contributed by atoms with Crippen molar-refractivity contribution < 1.29 is 4.79 Å². The summed E-state index contributed by atoms with van der Waals surface area (Å²) in [6.45, 7) is 7.90. The Morgan fingerprint density at radius 1 is 1.22 bits per heavy atom. The molecule has 18 heavy (non-hydrogen) atoms. The van der Waals surface area contributed by atoms with E-state index in [1.165, 1.54) is 0 Å². The summed E-state index contributed by atoms with van der Waals surface area (Å²) >= 11 is 0. The Labute approximate surface area is 110 Å². The molecule has 0 aromatic heterocycles. The van der Waals surface area contributed by atoms with Gasteiger partial charge in [-0.15, -0.1) is 0 Å². The maximum Gasteiger partial charge on any atom is 0.226 e. The quantitative estimate of drug-likeness (QED) is 0.839. The first kappa shape index (κ1) is 14.7. The van der Waals surface area contributed by atoms with Crippen LogP contribution >= 0.6 is 0 Å². The van der Waals surface area contributed by atoms with Crippen molar-refractivity contribution in [2.75, 3.05) is 13.1 Å². The fourth-order valence-electron chi connectivity index (χ4n) is 1.80. The molecule has 0 saturated carbocycles. The minimum Gasteiger partial charge on any atom is -0.337 e. The first-order chi connectivity index (χ1) is 8.56. The highest BCUT2D eigenvalue weighted by molar-refractivity contribution is 5.78. The molecule has 1 atom stereocenters. The molecule has 0 fully saturated rings. The molecule has 1 rings (SSSR count). The normalized spacial score (nSPS) is 12.5. The Kier molecular flexibility index (Phi) is 5.86. The standard InChI is InChI=1S/C15H24N2O/c1-12(2)13(3)15(18)17(10-9-16)11-14-7-5-4-6-8-14/h4-8,12-13H,9-11,16H2,1-3H3. The predicted octanol–water partition coefficient (Wildman–Crippen LogP) is 2.27. The zero-order valence-electron chi connectivity index (χ0n) is 11.6. The molecule has 0 bridgehead atoms. The van der Waals surface area contributed by atoms with Crippen LogP contribution in [0.4, 0.5) is 0 Å². The average Bonchev–Trinajstić information content (AvgIpc) is 2.37. The van der Waals surface area contributed by atoms with E-state index in [-0.39, 0.29) is 11.8 Å². The largest absolute Gasteiger partial charge is 0.337 e. The van der Waals surface area contributed by atoms with Gasteiger partial charge in [-0.2, -0.15) is 0 Å². The second kappa shape index (κ2) is 7.17. The van der Waals surface area contributed by atoms with Crippen LogP contribution in [0.15, 0.2) is 30.3 Å². The van der Waals surface area contributed by atoms with Gasteiger partial charge in [-0.1, -0.05) is 51.1 Å². The van der Waals surface area contributed by atoms with Crippen LogP contribution in [0.1, 0.15) is 26.3 Å². The van der Waals surface area contributed by atoms with Gasteiger partial charge in [0.05, 0.1) is 0 Å². The van der Waals surface area contributed by atoms with Gasteiger partial charge in [0, 0.05) is 25.6 Å². The minimum atomic E-state index is 0.0419. The first-order valence-electron chi connectivity index (χ1n) is 6.59. The zero-order valence-corrected chi connectivity index (χ0v) is 11.6. The van der Waals surface area contributed by atoms with Crippen molar-refractivity contribution in [3.63, 3.8) is 0 Å². The van der Waals surface area contributed by atoms with Crippen molar-refractivity contribution in [1.29, 1.82) is 0 Å². The molecule has 0 aliphatic carbocycles. The molecule has 0 saturated heterocycles. The van der Waals surface area contributed by atoms with Gasteiger partial charge in [0.2, 0.25) is 5.91 Å². The van der Waals surface area contributed by atoms with E-state index >= 15 is 0 Å². The molecule has 1 unspecified atom stereocenters. The molecule has 0 aliphatic heterocycles. The molecule has 3 heteroatoms. The van der Waals surface area contributed by atoms with Crippen LogP contribution in [0.3, 0.4) is 0 Å². The van der Waals surface area contributed by atoms with Crippen molar-refractivity contribution in [1.82, 2.24) is 4.90 Å². The Morgan fingerprint density at radius 2 is 1.83 bits per heavy atom. The lowest BCUT2D eigenvalue weighted by Gasteiger charge is -2.27. The summed E-state index contributed by atoms with van der Waals surface area (Å²) in [4.78, 5) is 14.2. The van der Waals surface area contributed by atoms with Crippen LogP contribution < -0.4 is 5.73 Å². The second-order valence-electron chi connectivity index (χ2n) is 5.07. The summed E-state index contributed by atoms with van der Waals surface area (Å²) in [5, 5.41) is 0. The van der Waals surface area contributed by atoms with E-state index in [0.29, 0.717) is 25.6 Å². The molecule has 1 amide bonds. The number of rotatable bonds is 6. The number of hydrogen-bond acceptors (Lipinski definition) is 2. The van der Waals surface area contributed by atoms with Crippen LogP contribution in [-0.2, 0) is 11.3 Å². The smallest absolute Gasteiger partial charge is 0.226 e. The molecule has 0 spiro atoms. The van der Waals surface area contributed by atoms with Crippen LogP contribution in [0.2, 0.25) is 0 Å². The van der Waals surface area contributed by atoms with E-state index in [4.69, 9.17) is 5.73 Å². The van der Waals surface area contributed by atoms with Crippen LogP contribution in [0.25, 0.3) is 0 Å². The zero-order chi connectivity index (χ0) is 13.5. The van der Waals surface area contributed by atoms with Gasteiger partial charge in [-0.25, -0.2) is 0 Å². The molecule has 0 radical (unpaired) electrons. The number of nitrogens with zero attached hydrogens (tertiary/aromatic N) is 1. The summed E-state index contributed by atoms with van der Waals surface area (Å²) in [6.07, 6.45) is 0. The van der Waals surface area contributed by atoms with Gasteiger partial charge in [-0.3, -0.25) is 4.79 Å². The fraction of sp³-hybridized carbons (Fsp3) is 0.533. The number of hydrogen-bond donors (Lipinski definition) is 1. The summed E-state index contributed by atoms with van der Waals surface area (Å²) < 4.78 is 0. The molecule has 1 aromatic carbocycles. The molecule has 0 aliphatic rings. The van der Waals surface area contributed by atoms with Crippen molar-refractivity contribution in [3.05, 3.63) is 35.9 Å². The van der Waals surface area contributed by atoms with Crippen LogP contribution in [0.5, 0.6) is 0 Å². The summed E-state index contributed by atoms with van der Waals surface area (Å²) in [5.74, 6) is 0.591. The van der Waals surface area contributed by atoms with Crippen LogP contribution in [-0.4, -0.2) is 23.9 Å². The van der Waals surface area contributed by atoms with Crippen LogP contribution in [0, 0.1) is 11.8 Å². The summed E-state index contributed by atoms with van der Waals surface area (Å²) in [6, 6.07) is 10.0. The maximum atomic E-state index is 12.3. The lowest BCUT2D eigenvalue weighted by molar-refractivity contribution is -0.136. The SMILES string of the molecule is CC(C)C(C)C(=O)N(CCN)Cc1ccccc1. The topological polar surface area (TPSA) is 46.3 Å². The third-order valence-electron chi connectivity index (χ3n) is 3.32. The highest BCUT2D eigenvalue weighted by atomic mass is 16.2. The molecular formula is C15H24N2O. The highest BCUT2D eigenvalue weighted by Gasteiger charge is 2.22. The van der Waals surface area contributed by atoms with Gasteiger partial charge in [0.15, 0.2) is 0 Å². The minimum absolute atomic E-state index is 0.0419. The number of nitrogens with two attached hydrogens (primary N) is 1. The molecular weight excluding hydrogens is 224 g/mol. The Morgan fingerprint density at radius 3 is 2.33 bits per heavy atom. The van der Waals surface area contributed by atoms with E-state index in [1.54, 1.807) is 0 Å². The fourth-order valence-corrected chi connectivity index (χ4v) is 1.80. The molecule has 2 N–H and O–H groups in total. The van der Waals surface area contributed by atoms with Gasteiger partial charge < -0.3 is 10.6 Å². The monoisotopic (exact) mass is 248 g/mol. The van der Waals surface area contributed by atoms with Crippen molar-refractivity contribution in [3.8, 4) is 0 Å². The van der Waals surface area contributed by atoms with E-state index in [9.17, 15) is 4.79 Å². The number of carbonyl (C=O) groups excluding carboxylic acids is 1. The van der Waals surface area contributed by atoms with Crippen molar-refractivity contribution in [2.24, 2.45) is 17.6 Å². The number of amides is 1. The van der Waals surface area contributed by atoms with E-state index < -0.39 is 0 Å². The highest BCUT2D eigenvalue weighted by Crippen LogP contribution is 2.15.